The number of methoxy groups -OCH3 is 1. The molecule has 0 fully saturated rings. The third-order valence-electron chi connectivity index (χ3n) is 2.62. The van der Waals surface area contributed by atoms with Crippen LogP contribution in [0.3, 0.4) is 0 Å². The summed E-state index contributed by atoms with van der Waals surface area (Å²) in [6.45, 7) is 7.81. The van der Waals surface area contributed by atoms with Crippen LogP contribution in [0.1, 0.15) is 19.4 Å². The third-order valence-corrected chi connectivity index (χ3v) is 2.62. The molecule has 0 aliphatic carbocycles. The zero-order valence-corrected chi connectivity index (χ0v) is 9.78. The standard InChI is InChI=1S/C13H15NO2/c1-9-13(2,3)14-12(16-9)10-5-7-11(15-4)8-6-10/h5-8H,1H2,2-4H3. The van der Waals surface area contributed by atoms with Gasteiger partial charge in [0, 0.05) is 5.56 Å². The second-order valence-electron chi connectivity index (χ2n) is 4.23. The van der Waals surface area contributed by atoms with Crippen molar-refractivity contribution in [2.75, 3.05) is 7.11 Å². The Labute approximate surface area is 95.4 Å². The number of benzene rings is 1. The van der Waals surface area contributed by atoms with Gasteiger partial charge in [0.2, 0.25) is 5.90 Å². The average Bonchev–Trinajstić information content (AvgIpc) is 2.54. The summed E-state index contributed by atoms with van der Waals surface area (Å²) in [4.78, 5) is 4.48. The average molecular weight is 217 g/mol. The number of aliphatic imine (C=N–C) groups is 1. The van der Waals surface area contributed by atoms with Crippen LogP contribution in [-0.4, -0.2) is 18.5 Å². The quantitative estimate of drug-likeness (QED) is 0.762. The van der Waals surface area contributed by atoms with E-state index in [9.17, 15) is 0 Å². The highest BCUT2D eigenvalue weighted by Gasteiger charge is 2.31. The molecule has 0 bridgehead atoms. The summed E-state index contributed by atoms with van der Waals surface area (Å²) in [5.74, 6) is 2.12. The van der Waals surface area contributed by atoms with E-state index in [0.29, 0.717) is 11.7 Å². The molecule has 0 N–H and O–H groups in total. The third kappa shape index (κ3) is 1.81. The van der Waals surface area contributed by atoms with E-state index in [2.05, 4.69) is 11.6 Å². The molecule has 1 aliphatic heterocycles. The predicted octanol–water partition coefficient (Wildman–Crippen LogP) is 2.76. The molecule has 1 aromatic carbocycles. The minimum absolute atomic E-state index is 0.338. The largest absolute Gasteiger partial charge is 0.497 e. The summed E-state index contributed by atoms with van der Waals surface area (Å²) in [7, 11) is 1.64. The molecule has 0 saturated carbocycles. The smallest absolute Gasteiger partial charge is 0.222 e. The van der Waals surface area contributed by atoms with Crippen molar-refractivity contribution in [3.8, 4) is 5.75 Å². The molecule has 0 saturated heterocycles. The molecule has 0 spiro atoms. The molecule has 0 unspecified atom stereocenters. The molecule has 3 nitrogen and oxygen atoms in total. The lowest BCUT2D eigenvalue weighted by Gasteiger charge is -2.11. The van der Waals surface area contributed by atoms with Crippen LogP contribution in [0.2, 0.25) is 0 Å². The van der Waals surface area contributed by atoms with Crippen molar-refractivity contribution >= 4 is 5.90 Å². The van der Waals surface area contributed by atoms with Gasteiger partial charge in [-0.1, -0.05) is 6.58 Å². The molecule has 1 heterocycles. The van der Waals surface area contributed by atoms with E-state index in [4.69, 9.17) is 9.47 Å². The zero-order chi connectivity index (χ0) is 11.8. The lowest BCUT2D eigenvalue weighted by atomic mass is 10.1. The van der Waals surface area contributed by atoms with Gasteiger partial charge in [0.1, 0.15) is 17.0 Å². The Morgan fingerprint density at radius 2 is 1.88 bits per heavy atom. The van der Waals surface area contributed by atoms with E-state index < -0.39 is 0 Å². The maximum Gasteiger partial charge on any atom is 0.222 e. The van der Waals surface area contributed by atoms with Gasteiger partial charge in [-0.2, -0.15) is 0 Å². The van der Waals surface area contributed by atoms with Crippen LogP contribution >= 0.6 is 0 Å². The molecule has 2 rings (SSSR count). The maximum absolute atomic E-state index is 5.55. The second-order valence-corrected chi connectivity index (χ2v) is 4.23. The first-order valence-corrected chi connectivity index (χ1v) is 5.14. The van der Waals surface area contributed by atoms with Crippen molar-refractivity contribution in [1.29, 1.82) is 0 Å². The molecule has 16 heavy (non-hydrogen) atoms. The fourth-order valence-corrected chi connectivity index (χ4v) is 1.44. The molecule has 84 valence electrons. The van der Waals surface area contributed by atoms with E-state index in [1.54, 1.807) is 7.11 Å². The molecule has 0 radical (unpaired) electrons. The molecular weight excluding hydrogens is 202 g/mol. The van der Waals surface area contributed by atoms with Gasteiger partial charge in [-0.15, -0.1) is 0 Å². The van der Waals surface area contributed by atoms with Crippen molar-refractivity contribution < 1.29 is 9.47 Å². The fourth-order valence-electron chi connectivity index (χ4n) is 1.44. The van der Waals surface area contributed by atoms with Gasteiger partial charge in [0.15, 0.2) is 0 Å². The number of ether oxygens (including phenoxy) is 2. The molecule has 0 amide bonds. The number of hydrogen-bond acceptors (Lipinski definition) is 3. The highest BCUT2D eigenvalue weighted by molar-refractivity contribution is 5.96. The van der Waals surface area contributed by atoms with Gasteiger partial charge in [-0.25, -0.2) is 4.99 Å². The summed E-state index contributed by atoms with van der Waals surface area (Å²) in [5.41, 5.74) is 0.599. The SMILES string of the molecule is C=C1OC(c2ccc(OC)cc2)=NC1(C)C. The highest BCUT2D eigenvalue weighted by Crippen LogP contribution is 2.29. The molecule has 3 heteroatoms. The molecule has 1 aromatic rings. The minimum Gasteiger partial charge on any atom is -0.497 e. The monoisotopic (exact) mass is 217 g/mol. The number of rotatable bonds is 2. The summed E-state index contributed by atoms with van der Waals surface area (Å²) >= 11 is 0. The van der Waals surface area contributed by atoms with E-state index in [-0.39, 0.29) is 5.54 Å². The van der Waals surface area contributed by atoms with Crippen molar-refractivity contribution in [2.45, 2.75) is 19.4 Å². The van der Waals surface area contributed by atoms with Crippen molar-refractivity contribution in [3.05, 3.63) is 42.2 Å². The van der Waals surface area contributed by atoms with Crippen LogP contribution in [0, 0.1) is 0 Å². The Morgan fingerprint density at radius 3 is 2.31 bits per heavy atom. The van der Waals surface area contributed by atoms with E-state index in [1.165, 1.54) is 0 Å². The normalized spacial score (nSPS) is 17.9. The predicted molar refractivity (Wildman–Crippen MR) is 63.8 cm³/mol. The van der Waals surface area contributed by atoms with Crippen molar-refractivity contribution in [1.82, 2.24) is 0 Å². The van der Waals surface area contributed by atoms with Gasteiger partial charge in [-0.3, -0.25) is 0 Å². The lowest BCUT2D eigenvalue weighted by molar-refractivity contribution is 0.384. The Balaban J connectivity index is 2.29. The van der Waals surface area contributed by atoms with Crippen LogP contribution in [-0.2, 0) is 4.74 Å². The van der Waals surface area contributed by atoms with E-state index in [1.807, 2.05) is 38.1 Å². The minimum atomic E-state index is -0.338. The van der Waals surface area contributed by atoms with Gasteiger partial charge >= 0.3 is 0 Å². The first-order chi connectivity index (χ1) is 7.53. The molecule has 1 aliphatic rings. The summed E-state index contributed by atoms with van der Waals surface area (Å²) < 4.78 is 10.6. The molecule has 0 atom stereocenters. The molecular formula is C13H15NO2. The van der Waals surface area contributed by atoms with Gasteiger partial charge in [-0.05, 0) is 38.1 Å². The summed E-state index contributed by atoms with van der Waals surface area (Å²) in [6.07, 6.45) is 0. The van der Waals surface area contributed by atoms with Crippen LogP contribution in [0.4, 0.5) is 0 Å². The van der Waals surface area contributed by atoms with Crippen LogP contribution < -0.4 is 4.74 Å². The van der Waals surface area contributed by atoms with Crippen LogP contribution in [0.5, 0.6) is 5.75 Å². The van der Waals surface area contributed by atoms with E-state index >= 15 is 0 Å². The van der Waals surface area contributed by atoms with Gasteiger partial charge < -0.3 is 9.47 Å². The first-order valence-electron chi connectivity index (χ1n) is 5.14. The van der Waals surface area contributed by atoms with Crippen LogP contribution in [0.25, 0.3) is 0 Å². The van der Waals surface area contributed by atoms with Crippen LogP contribution in [0.15, 0.2) is 41.6 Å². The Kier molecular flexibility index (Phi) is 2.46. The Hall–Kier alpha value is -1.77. The van der Waals surface area contributed by atoms with Crippen molar-refractivity contribution in [2.24, 2.45) is 4.99 Å². The highest BCUT2D eigenvalue weighted by atomic mass is 16.5. The number of hydrogen-bond donors (Lipinski definition) is 0. The topological polar surface area (TPSA) is 30.8 Å². The number of nitrogens with zero attached hydrogens (tertiary/aromatic N) is 1. The zero-order valence-electron chi connectivity index (χ0n) is 9.78. The van der Waals surface area contributed by atoms with Crippen molar-refractivity contribution in [3.63, 3.8) is 0 Å². The Morgan fingerprint density at radius 1 is 1.25 bits per heavy atom. The summed E-state index contributed by atoms with van der Waals surface area (Å²) in [6, 6.07) is 7.61. The maximum atomic E-state index is 5.55. The Bertz CT molecular complexity index is 444. The second kappa shape index (κ2) is 3.67. The lowest BCUT2D eigenvalue weighted by Crippen LogP contribution is -2.14. The van der Waals surface area contributed by atoms with E-state index in [0.717, 1.165) is 11.3 Å². The molecule has 0 aromatic heterocycles. The van der Waals surface area contributed by atoms with Gasteiger partial charge in [0.25, 0.3) is 0 Å². The first kappa shape index (κ1) is 10.7. The summed E-state index contributed by atoms with van der Waals surface area (Å²) in [5, 5.41) is 0. The van der Waals surface area contributed by atoms with Gasteiger partial charge in [0.05, 0.1) is 7.11 Å². The fraction of sp³-hybridized carbons (Fsp3) is 0.308.